The average molecular weight is 553 g/mol. The van der Waals surface area contributed by atoms with Gasteiger partial charge in [-0.15, -0.1) is 0 Å². The van der Waals surface area contributed by atoms with Crippen LogP contribution in [0.2, 0.25) is 0 Å². The van der Waals surface area contributed by atoms with Gasteiger partial charge in [-0.3, -0.25) is 13.7 Å². The van der Waals surface area contributed by atoms with Crippen molar-refractivity contribution in [3.8, 4) is 0 Å². The quantitative estimate of drug-likeness (QED) is 0.181. The van der Waals surface area contributed by atoms with Gasteiger partial charge in [-0.05, 0) is 6.42 Å². The molecule has 1 saturated carbocycles. The number of aliphatic hydroxyl groups is 3. The number of aliphatic hydroxyl groups excluding tert-OH is 3. The van der Waals surface area contributed by atoms with Crippen molar-refractivity contribution in [3.05, 3.63) is 12.7 Å². The molecule has 5 heterocycles. The largest absolute Gasteiger partial charge is 0.756 e. The first-order chi connectivity index (χ1) is 16.9. The van der Waals surface area contributed by atoms with Gasteiger partial charge in [-0.25, -0.2) is 18.4 Å². The first-order valence-electron chi connectivity index (χ1n) is 10.8. The highest BCUT2D eigenvalue weighted by atomic mass is 31.3. The SMILES string of the molecule is CO[C@@H]1[C@H]2COP(=O)([O-])OP(=O)(O)OC[C@H]3O[C@H]([C@H](O)[C@@H]3O)n3cnc4c(N)[n+](cnc43)[C@H](C2)[C@@H]1O. The van der Waals surface area contributed by atoms with Crippen molar-refractivity contribution in [1.82, 2.24) is 14.5 Å². The molecule has 3 aliphatic heterocycles. The van der Waals surface area contributed by atoms with Crippen molar-refractivity contribution in [3.63, 3.8) is 0 Å². The highest BCUT2D eigenvalue weighted by molar-refractivity contribution is 7.60. The number of nitrogen functional groups attached to an aromatic ring is 1. The van der Waals surface area contributed by atoms with Gasteiger partial charge in [0.15, 0.2) is 11.7 Å². The van der Waals surface area contributed by atoms with Crippen molar-refractivity contribution in [2.75, 3.05) is 26.1 Å². The van der Waals surface area contributed by atoms with Gasteiger partial charge in [0.05, 0.1) is 19.3 Å². The average Bonchev–Trinajstić information content (AvgIpc) is 3.45. The van der Waals surface area contributed by atoms with Crippen LogP contribution < -0.4 is 15.2 Å². The number of anilines is 1. The maximum atomic E-state index is 12.2. The molecular formula is C17H25N5O12P2. The molecule has 36 heavy (non-hydrogen) atoms. The fourth-order valence-corrected chi connectivity index (χ4v) is 6.99. The van der Waals surface area contributed by atoms with Gasteiger partial charge >= 0.3 is 7.82 Å². The van der Waals surface area contributed by atoms with E-state index in [1.807, 2.05) is 0 Å². The van der Waals surface area contributed by atoms with Crippen molar-refractivity contribution in [2.24, 2.45) is 5.92 Å². The van der Waals surface area contributed by atoms with E-state index in [1.54, 1.807) is 0 Å². The van der Waals surface area contributed by atoms with Gasteiger partial charge < -0.3 is 44.8 Å². The number of phosphoric ester groups is 2. The van der Waals surface area contributed by atoms with E-state index >= 15 is 0 Å². The summed E-state index contributed by atoms with van der Waals surface area (Å²) in [5, 5.41) is 31.8. The highest BCUT2D eigenvalue weighted by Crippen LogP contribution is 2.58. The van der Waals surface area contributed by atoms with Crippen LogP contribution in [0.15, 0.2) is 12.7 Å². The second-order valence-corrected chi connectivity index (χ2v) is 11.8. The number of nitrogens with two attached hydrogens (primary N) is 1. The van der Waals surface area contributed by atoms with Crippen LogP contribution in [0.4, 0.5) is 5.82 Å². The Labute approximate surface area is 203 Å². The first kappa shape index (κ1) is 26.0. The third kappa shape index (κ3) is 4.49. The number of rotatable bonds is 1. The monoisotopic (exact) mass is 553 g/mol. The zero-order chi connectivity index (χ0) is 26.0. The summed E-state index contributed by atoms with van der Waals surface area (Å²) in [4.78, 5) is 30.7. The molecule has 2 unspecified atom stereocenters. The Morgan fingerprint density at radius 3 is 2.67 bits per heavy atom. The number of phosphoric acid groups is 2. The molecule has 6 rings (SSSR count). The molecule has 1 aliphatic carbocycles. The molecule has 1 saturated heterocycles. The summed E-state index contributed by atoms with van der Waals surface area (Å²) in [7, 11) is -9.28. The summed E-state index contributed by atoms with van der Waals surface area (Å²) in [5.41, 5.74) is 6.75. The molecule has 10 atom stereocenters. The Kier molecular flexibility index (Phi) is 6.73. The topological polar surface area (TPSA) is 245 Å². The molecule has 17 nitrogen and oxygen atoms in total. The third-order valence-corrected chi connectivity index (χ3v) is 9.19. The van der Waals surface area contributed by atoms with Gasteiger partial charge in [0, 0.05) is 13.0 Å². The first-order valence-corrected chi connectivity index (χ1v) is 13.8. The lowest BCUT2D eigenvalue weighted by Gasteiger charge is -2.27. The number of ether oxygens (including phenoxy) is 2. The van der Waals surface area contributed by atoms with Gasteiger partial charge in [-0.2, -0.15) is 0 Å². The number of nitrogens with zero attached hydrogens (tertiary/aromatic N) is 4. The number of hydrogen-bond acceptors (Lipinski definition) is 14. The summed E-state index contributed by atoms with van der Waals surface area (Å²) in [6.45, 7) is -1.36. The Morgan fingerprint density at radius 1 is 1.19 bits per heavy atom. The summed E-state index contributed by atoms with van der Waals surface area (Å²) < 4.78 is 51.9. The molecular weight excluding hydrogens is 528 g/mol. The minimum absolute atomic E-state index is 0.118. The maximum absolute atomic E-state index is 12.2. The second-order valence-electron chi connectivity index (χ2n) is 8.75. The van der Waals surface area contributed by atoms with Crippen LogP contribution in [0.25, 0.3) is 11.2 Å². The van der Waals surface area contributed by atoms with Crippen molar-refractivity contribution in [2.45, 2.75) is 49.2 Å². The Balaban J connectivity index is 1.58. The number of methoxy groups -OCH3 is 1. The minimum Gasteiger partial charge on any atom is -0.756 e. The van der Waals surface area contributed by atoms with Crippen LogP contribution in [0.3, 0.4) is 0 Å². The van der Waals surface area contributed by atoms with Crippen LogP contribution in [0.5, 0.6) is 0 Å². The van der Waals surface area contributed by atoms with Crippen molar-refractivity contribution < 1.29 is 61.6 Å². The van der Waals surface area contributed by atoms with E-state index in [0.29, 0.717) is 0 Å². The molecule has 0 aromatic carbocycles. The van der Waals surface area contributed by atoms with Gasteiger partial charge in [0.25, 0.3) is 13.6 Å². The summed E-state index contributed by atoms with van der Waals surface area (Å²) in [6.07, 6.45) is -4.99. The summed E-state index contributed by atoms with van der Waals surface area (Å²) in [6, 6.07) is -0.719. The number of fused-ring (bicyclic) bond motifs is 7. The fraction of sp³-hybridized carbons (Fsp3) is 0.706. The summed E-state index contributed by atoms with van der Waals surface area (Å²) in [5.74, 6) is -0.569. The predicted octanol–water partition coefficient (Wildman–Crippen LogP) is -2.51. The highest BCUT2D eigenvalue weighted by Gasteiger charge is 2.49. The molecule has 200 valence electrons. The Bertz CT molecular complexity index is 1250. The predicted molar refractivity (Wildman–Crippen MR) is 112 cm³/mol. The van der Waals surface area contributed by atoms with E-state index in [1.165, 1.54) is 28.9 Å². The minimum atomic E-state index is -5.37. The zero-order valence-electron chi connectivity index (χ0n) is 18.7. The number of imidazole rings is 1. The van der Waals surface area contributed by atoms with Gasteiger partial charge in [-0.1, -0.05) is 4.98 Å². The van der Waals surface area contributed by atoms with Crippen LogP contribution in [-0.2, 0) is 32.0 Å². The van der Waals surface area contributed by atoms with E-state index < -0.39 is 77.6 Å². The lowest BCUT2D eigenvalue weighted by Crippen LogP contribution is -2.48. The molecule has 19 heteroatoms. The van der Waals surface area contributed by atoms with Crippen LogP contribution in [-0.4, -0.2) is 85.6 Å². The van der Waals surface area contributed by atoms with Crippen molar-refractivity contribution in [1.29, 1.82) is 0 Å². The molecule has 2 fully saturated rings. The summed E-state index contributed by atoms with van der Waals surface area (Å²) >= 11 is 0. The van der Waals surface area contributed by atoms with E-state index in [0.717, 1.165) is 0 Å². The van der Waals surface area contributed by atoms with E-state index in [9.17, 15) is 34.2 Å². The molecule has 6 N–H and O–H groups in total. The molecule has 4 aliphatic rings. The third-order valence-electron chi connectivity index (χ3n) is 6.63. The second kappa shape index (κ2) is 9.31. The normalized spacial score (nSPS) is 43.7. The molecule has 0 radical (unpaired) electrons. The Morgan fingerprint density at radius 2 is 1.94 bits per heavy atom. The molecule has 2 aromatic rings. The van der Waals surface area contributed by atoms with E-state index in [-0.39, 0.29) is 23.4 Å². The standard InChI is InChI=1S/C17H25N5O12P2/c1-30-14-7-2-8(11(14)23)21-6-20-16-10(15(21)18)19-5-22(16)17-13(25)12(24)9(33-17)4-32-36(28,29)34-35(26,27)31-3-7/h5-9,11-14,17-18,23-25H,2-4H2,1H3,(H2,26,27,28,29)/t7-,8-,9-,11+,12-,13-,14-,17-/m1/s1. The van der Waals surface area contributed by atoms with E-state index in [2.05, 4.69) is 18.8 Å². The smallest absolute Gasteiger partial charge is 0.478 e. The van der Waals surface area contributed by atoms with Crippen molar-refractivity contribution >= 4 is 32.6 Å². The molecule has 8 bridgehead atoms. The molecule has 2 aromatic heterocycles. The van der Waals surface area contributed by atoms with E-state index in [4.69, 9.17) is 19.7 Å². The lowest BCUT2D eigenvalue weighted by molar-refractivity contribution is -0.717. The lowest BCUT2D eigenvalue weighted by atomic mass is 10.1. The van der Waals surface area contributed by atoms with Crippen LogP contribution in [0, 0.1) is 5.92 Å². The number of hydrogen-bond donors (Lipinski definition) is 5. The zero-order valence-corrected chi connectivity index (χ0v) is 20.5. The maximum Gasteiger partial charge on any atom is 0.478 e. The number of aromatic nitrogens is 4. The fourth-order valence-electron chi connectivity index (χ4n) is 4.89. The van der Waals surface area contributed by atoms with Gasteiger partial charge in [0.1, 0.15) is 36.8 Å². The Hall–Kier alpha value is -1.59. The van der Waals surface area contributed by atoms with Crippen LogP contribution >= 0.6 is 15.6 Å². The van der Waals surface area contributed by atoms with Crippen LogP contribution in [0.1, 0.15) is 18.7 Å². The molecule has 0 spiro atoms. The van der Waals surface area contributed by atoms with Gasteiger partial charge in [0.2, 0.25) is 12.0 Å². The molecule has 0 amide bonds.